The van der Waals surface area contributed by atoms with E-state index in [4.69, 9.17) is 5.73 Å². The number of nitrogens with one attached hydrogen (secondary N) is 1. The van der Waals surface area contributed by atoms with E-state index in [-0.39, 0.29) is 11.8 Å². The van der Waals surface area contributed by atoms with Crippen molar-refractivity contribution in [1.29, 1.82) is 0 Å². The van der Waals surface area contributed by atoms with E-state index in [2.05, 4.69) is 20.4 Å². The third kappa shape index (κ3) is 4.45. The molecule has 0 spiro atoms. The van der Waals surface area contributed by atoms with Gasteiger partial charge in [-0.1, -0.05) is 0 Å². The van der Waals surface area contributed by atoms with Crippen molar-refractivity contribution in [2.75, 3.05) is 31.5 Å². The van der Waals surface area contributed by atoms with Crippen molar-refractivity contribution >= 4 is 11.7 Å². The number of aromatic nitrogens is 2. The second-order valence-electron chi connectivity index (χ2n) is 5.38. The predicted molar refractivity (Wildman–Crippen MR) is 78.2 cm³/mol. The molecule has 1 aromatic heterocycles. The first kappa shape index (κ1) is 14.7. The van der Waals surface area contributed by atoms with E-state index in [0.717, 1.165) is 57.0 Å². The van der Waals surface area contributed by atoms with Gasteiger partial charge in [-0.2, -0.15) is 5.10 Å². The summed E-state index contributed by atoms with van der Waals surface area (Å²) < 4.78 is 0. The number of nitrogens with two attached hydrogens (primary N) is 1. The van der Waals surface area contributed by atoms with Crippen LogP contribution in [0.3, 0.4) is 0 Å². The number of piperidine rings is 1. The van der Waals surface area contributed by atoms with Crippen molar-refractivity contribution in [1.82, 2.24) is 15.1 Å². The van der Waals surface area contributed by atoms with Crippen molar-refractivity contribution in [3.8, 4) is 0 Å². The molecular weight excluding hydrogens is 254 g/mol. The molecule has 0 aromatic carbocycles. The number of carbonyl (C=O) groups excluding carboxylic acids is 1. The number of primary amides is 1. The van der Waals surface area contributed by atoms with E-state index in [1.54, 1.807) is 0 Å². The molecule has 110 valence electrons. The van der Waals surface area contributed by atoms with Crippen LogP contribution in [0.1, 0.15) is 25.0 Å². The summed E-state index contributed by atoms with van der Waals surface area (Å²) in [7, 11) is 0. The number of nitrogens with zero attached hydrogens (tertiary/aromatic N) is 3. The van der Waals surface area contributed by atoms with Crippen molar-refractivity contribution < 1.29 is 4.79 Å². The highest BCUT2D eigenvalue weighted by molar-refractivity contribution is 5.76. The fourth-order valence-electron chi connectivity index (χ4n) is 2.50. The number of aryl methyl sites for hydroxylation is 1. The second kappa shape index (κ2) is 7.19. The molecule has 2 heterocycles. The number of amides is 1. The van der Waals surface area contributed by atoms with Crippen LogP contribution in [0.25, 0.3) is 0 Å². The lowest BCUT2D eigenvalue weighted by molar-refractivity contribution is -0.123. The minimum Gasteiger partial charge on any atom is -0.369 e. The minimum atomic E-state index is -0.164. The predicted octanol–water partition coefficient (Wildman–Crippen LogP) is 0.784. The Morgan fingerprint density at radius 3 is 3.05 bits per heavy atom. The lowest BCUT2D eigenvalue weighted by Crippen LogP contribution is -2.41. The number of hydrogen-bond acceptors (Lipinski definition) is 5. The van der Waals surface area contributed by atoms with Gasteiger partial charge in [0, 0.05) is 13.1 Å². The minimum absolute atomic E-state index is 0.0275. The van der Waals surface area contributed by atoms with Crippen LogP contribution in [0.4, 0.5) is 5.82 Å². The van der Waals surface area contributed by atoms with E-state index in [9.17, 15) is 4.79 Å². The van der Waals surface area contributed by atoms with Crippen LogP contribution >= 0.6 is 0 Å². The third-order valence-electron chi connectivity index (χ3n) is 3.66. The zero-order valence-electron chi connectivity index (χ0n) is 12.0. The van der Waals surface area contributed by atoms with Gasteiger partial charge < -0.3 is 16.0 Å². The molecule has 3 N–H and O–H groups in total. The van der Waals surface area contributed by atoms with Crippen LogP contribution in [0.5, 0.6) is 0 Å². The Balaban J connectivity index is 1.65. The maximum atomic E-state index is 11.2. The molecule has 1 aliphatic heterocycles. The van der Waals surface area contributed by atoms with E-state index < -0.39 is 0 Å². The molecule has 0 bridgehead atoms. The van der Waals surface area contributed by atoms with Crippen molar-refractivity contribution in [3.05, 3.63) is 17.8 Å². The first-order valence-corrected chi connectivity index (χ1v) is 7.21. The first-order valence-electron chi connectivity index (χ1n) is 7.21. The summed E-state index contributed by atoms with van der Waals surface area (Å²) in [5, 5.41) is 11.3. The molecule has 1 saturated heterocycles. The maximum Gasteiger partial charge on any atom is 0.221 e. The normalized spacial score (nSPS) is 19.8. The molecule has 1 aromatic rings. The summed E-state index contributed by atoms with van der Waals surface area (Å²) in [4.78, 5) is 13.5. The van der Waals surface area contributed by atoms with Gasteiger partial charge in [0.1, 0.15) is 5.82 Å². The zero-order chi connectivity index (χ0) is 14.4. The Morgan fingerprint density at radius 1 is 1.50 bits per heavy atom. The molecule has 0 aliphatic carbocycles. The number of likely N-dealkylation sites (tertiary alicyclic amines) is 1. The molecule has 6 nitrogen and oxygen atoms in total. The Labute approximate surface area is 119 Å². The molecule has 1 aliphatic rings. The van der Waals surface area contributed by atoms with Gasteiger partial charge in [0.05, 0.1) is 11.6 Å². The fraction of sp³-hybridized carbons (Fsp3) is 0.643. The highest BCUT2D eigenvalue weighted by Crippen LogP contribution is 2.16. The SMILES string of the molecule is Cc1ccc(NCCCN2CCCC(C(N)=O)C2)nn1. The van der Waals surface area contributed by atoms with E-state index in [0.29, 0.717) is 0 Å². The van der Waals surface area contributed by atoms with E-state index in [1.807, 2.05) is 19.1 Å². The smallest absolute Gasteiger partial charge is 0.221 e. The number of rotatable bonds is 6. The molecule has 0 saturated carbocycles. The molecule has 1 fully saturated rings. The van der Waals surface area contributed by atoms with Crippen LogP contribution in [0, 0.1) is 12.8 Å². The van der Waals surface area contributed by atoms with Gasteiger partial charge in [0.25, 0.3) is 0 Å². The standard InChI is InChI=1S/C14H23N5O/c1-11-5-6-13(18-17-11)16-7-3-9-19-8-2-4-12(10-19)14(15)20/h5-6,12H,2-4,7-10H2,1H3,(H2,15,20)(H,16,18). The van der Waals surface area contributed by atoms with Gasteiger partial charge in [0.2, 0.25) is 5.91 Å². The van der Waals surface area contributed by atoms with Gasteiger partial charge in [-0.3, -0.25) is 4.79 Å². The molecule has 20 heavy (non-hydrogen) atoms. The number of hydrogen-bond donors (Lipinski definition) is 2. The number of carbonyl (C=O) groups is 1. The van der Waals surface area contributed by atoms with E-state index >= 15 is 0 Å². The third-order valence-corrected chi connectivity index (χ3v) is 3.66. The second-order valence-corrected chi connectivity index (χ2v) is 5.38. The zero-order valence-corrected chi connectivity index (χ0v) is 12.0. The summed E-state index contributed by atoms with van der Waals surface area (Å²) in [6.45, 7) is 5.63. The van der Waals surface area contributed by atoms with Gasteiger partial charge in [-0.25, -0.2) is 0 Å². The van der Waals surface area contributed by atoms with Crippen LogP contribution in [-0.4, -0.2) is 47.2 Å². The summed E-state index contributed by atoms with van der Waals surface area (Å²) >= 11 is 0. The summed E-state index contributed by atoms with van der Waals surface area (Å²) in [5.74, 6) is 0.673. The van der Waals surface area contributed by atoms with Crippen LogP contribution in [-0.2, 0) is 4.79 Å². The van der Waals surface area contributed by atoms with Crippen LogP contribution in [0.2, 0.25) is 0 Å². The molecule has 0 radical (unpaired) electrons. The Bertz CT molecular complexity index is 434. The van der Waals surface area contributed by atoms with Crippen LogP contribution in [0.15, 0.2) is 12.1 Å². The number of anilines is 1. The van der Waals surface area contributed by atoms with Gasteiger partial charge >= 0.3 is 0 Å². The maximum absolute atomic E-state index is 11.2. The van der Waals surface area contributed by atoms with Gasteiger partial charge in [-0.05, 0) is 51.4 Å². The van der Waals surface area contributed by atoms with Gasteiger partial charge in [0.15, 0.2) is 0 Å². The quantitative estimate of drug-likeness (QED) is 0.751. The topological polar surface area (TPSA) is 84.1 Å². The van der Waals surface area contributed by atoms with Gasteiger partial charge in [-0.15, -0.1) is 5.10 Å². The lowest BCUT2D eigenvalue weighted by atomic mass is 9.97. The largest absolute Gasteiger partial charge is 0.369 e. The molecule has 1 unspecified atom stereocenters. The average molecular weight is 277 g/mol. The monoisotopic (exact) mass is 277 g/mol. The van der Waals surface area contributed by atoms with Crippen molar-refractivity contribution in [3.63, 3.8) is 0 Å². The molecule has 2 rings (SSSR count). The van der Waals surface area contributed by atoms with E-state index in [1.165, 1.54) is 0 Å². The Hall–Kier alpha value is -1.69. The lowest BCUT2D eigenvalue weighted by Gasteiger charge is -2.31. The molecular formula is C14H23N5O. The first-order chi connectivity index (χ1) is 9.65. The fourth-order valence-corrected chi connectivity index (χ4v) is 2.50. The average Bonchev–Trinajstić information content (AvgIpc) is 2.46. The van der Waals surface area contributed by atoms with Crippen molar-refractivity contribution in [2.24, 2.45) is 11.7 Å². The molecule has 1 amide bonds. The highest BCUT2D eigenvalue weighted by atomic mass is 16.1. The molecule has 6 heteroatoms. The highest BCUT2D eigenvalue weighted by Gasteiger charge is 2.23. The summed E-state index contributed by atoms with van der Waals surface area (Å²) in [6.07, 6.45) is 3.01. The Kier molecular flexibility index (Phi) is 5.29. The van der Waals surface area contributed by atoms with Crippen molar-refractivity contribution in [2.45, 2.75) is 26.2 Å². The Morgan fingerprint density at radius 2 is 2.35 bits per heavy atom. The summed E-state index contributed by atoms with van der Waals surface area (Å²) in [6, 6.07) is 3.88. The molecule has 1 atom stereocenters. The van der Waals surface area contributed by atoms with Crippen LogP contribution < -0.4 is 11.1 Å². The summed E-state index contributed by atoms with van der Waals surface area (Å²) in [5.41, 5.74) is 6.30.